The first-order valence-electron chi connectivity index (χ1n) is 10.1. The van der Waals surface area contributed by atoms with E-state index in [2.05, 4.69) is 10.6 Å². The highest BCUT2D eigenvalue weighted by molar-refractivity contribution is 6.05. The minimum absolute atomic E-state index is 0.129. The van der Waals surface area contributed by atoms with Gasteiger partial charge in [-0.3, -0.25) is 9.59 Å². The lowest BCUT2D eigenvalue weighted by atomic mass is 10.1. The van der Waals surface area contributed by atoms with Gasteiger partial charge in [0, 0.05) is 18.2 Å². The summed E-state index contributed by atoms with van der Waals surface area (Å²) in [6.45, 7) is 2.31. The molecular formula is C25H26N2O4. The van der Waals surface area contributed by atoms with Gasteiger partial charge in [-0.2, -0.15) is 0 Å². The summed E-state index contributed by atoms with van der Waals surface area (Å²) in [6, 6.07) is 18.5. The van der Waals surface area contributed by atoms with Crippen LogP contribution in [0.25, 0.3) is 6.08 Å². The molecular weight excluding hydrogens is 392 g/mol. The van der Waals surface area contributed by atoms with Crippen LogP contribution < -0.4 is 15.4 Å². The summed E-state index contributed by atoms with van der Waals surface area (Å²) >= 11 is 0. The van der Waals surface area contributed by atoms with Crippen LogP contribution in [0.2, 0.25) is 0 Å². The van der Waals surface area contributed by atoms with Crippen molar-refractivity contribution in [1.82, 2.24) is 10.6 Å². The minimum Gasteiger partial charge on any atom is -0.497 e. The molecule has 3 aromatic rings. The second-order valence-corrected chi connectivity index (χ2v) is 7.05. The predicted molar refractivity (Wildman–Crippen MR) is 120 cm³/mol. The highest BCUT2D eigenvalue weighted by Gasteiger charge is 2.16. The number of amides is 2. The molecule has 1 aromatic heterocycles. The summed E-state index contributed by atoms with van der Waals surface area (Å²) in [7, 11) is 1.64. The van der Waals surface area contributed by atoms with Gasteiger partial charge in [0.1, 0.15) is 17.2 Å². The summed E-state index contributed by atoms with van der Waals surface area (Å²) in [5, 5.41) is 5.59. The summed E-state index contributed by atoms with van der Waals surface area (Å²) in [6.07, 6.45) is 4.58. The smallest absolute Gasteiger partial charge is 0.267 e. The number of hydrogen-bond donors (Lipinski definition) is 2. The van der Waals surface area contributed by atoms with E-state index >= 15 is 0 Å². The minimum atomic E-state index is -0.371. The normalized spacial score (nSPS) is 11.1. The van der Waals surface area contributed by atoms with Gasteiger partial charge >= 0.3 is 0 Å². The summed E-state index contributed by atoms with van der Waals surface area (Å²) in [5.74, 6) is 0.571. The Morgan fingerprint density at radius 3 is 2.65 bits per heavy atom. The van der Waals surface area contributed by atoms with Crippen molar-refractivity contribution in [3.05, 3.63) is 95.1 Å². The molecule has 0 fully saturated rings. The van der Waals surface area contributed by atoms with E-state index in [1.54, 1.807) is 31.4 Å². The zero-order valence-electron chi connectivity index (χ0n) is 17.7. The molecule has 0 aliphatic heterocycles. The van der Waals surface area contributed by atoms with E-state index in [1.807, 2.05) is 43.3 Å². The Bertz CT molecular complexity index is 1050. The number of aryl methyl sites for hydroxylation is 2. The molecule has 0 saturated carbocycles. The molecule has 1 heterocycles. The third-order valence-electron chi connectivity index (χ3n) is 4.77. The average molecular weight is 418 g/mol. The molecule has 2 amide bonds. The summed E-state index contributed by atoms with van der Waals surface area (Å²) in [5.41, 5.74) is 2.60. The standard InChI is InChI=1S/C25H26N2O4/c1-18-8-3-4-13-22(18)24(28)27-23(17-21-12-7-15-31-21)25(29)26-14-6-10-19-9-5-11-20(16-19)30-2/h3-5,7-9,11-13,15-17H,6,10,14H2,1-2H3,(H,26,29)(H,27,28)/b23-17-. The molecule has 0 radical (unpaired) electrons. The van der Waals surface area contributed by atoms with E-state index < -0.39 is 0 Å². The quantitative estimate of drug-likeness (QED) is 0.405. The van der Waals surface area contributed by atoms with Gasteiger partial charge in [-0.15, -0.1) is 0 Å². The van der Waals surface area contributed by atoms with Crippen molar-refractivity contribution < 1.29 is 18.7 Å². The largest absolute Gasteiger partial charge is 0.497 e. The fraction of sp³-hybridized carbons (Fsp3) is 0.200. The van der Waals surface area contributed by atoms with E-state index in [-0.39, 0.29) is 17.5 Å². The fourth-order valence-corrected chi connectivity index (χ4v) is 3.11. The van der Waals surface area contributed by atoms with Crippen LogP contribution in [-0.4, -0.2) is 25.5 Å². The molecule has 0 atom stereocenters. The van der Waals surface area contributed by atoms with Gasteiger partial charge in [-0.05, 0) is 61.2 Å². The SMILES string of the molecule is COc1cccc(CCCNC(=O)/C(=C/c2ccco2)NC(=O)c2ccccc2C)c1. The molecule has 31 heavy (non-hydrogen) atoms. The van der Waals surface area contributed by atoms with Gasteiger partial charge < -0.3 is 19.8 Å². The number of furan rings is 1. The second kappa shape index (κ2) is 10.8. The third kappa shape index (κ3) is 6.34. The Morgan fingerprint density at radius 1 is 1.06 bits per heavy atom. The van der Waals surface area contributed by atoms with E-state index in [1.165, 1.54) is 12.3 Å². The molecule has 2 aromatic carbocycles. The third-order valence-corrected chi connectivity index (χ3v) is 4.77. The number of rotatable bonds is 9. The second-order valence-electron chi connectivity index (χ2n) is 7.05. The molecule has 2 N–H and O–H groups in total. The Labute approximate surface area is 181 Å². The zero-order valence-corrected chi connectivity index (χ0v) is 17.7. The van der Waals surface area contributed by atoms with Crippen LogP contribution in [0.5, 0.6) is 5.75 Å². The maximum Gasteiger partial charge on any atom is 0.267 e. The van der Waals surface area contributed by atoms with Crippen molar-refractivity contribution >= 4 is 17.9 Å². The Kier molecular flexibility index (Phi) is 7.65. The first kappa shape index (κ1) is 21.9. The van der Waals surface area contributed by atoms with Crippen LogP contribution >= 0.6 is 0 Å². The summed E-state index contributed by atoms with van der Waals surface area (Å²) < 4.78 is 10.5. The Balaban J connectivity index is 1.63. The number of hydrogen-bond acceptors (Lipinski definition) is 4. The lowest BCUT2D eigenvalue weighted by molar-refractivity contribution is -0.117. The van der Waals surface area contributed by atoms with Gasteiger partial charge in [-0.1, -0.05) is 30.3 Å². The molecule has 0 unspecified atom stereocenters. The number of carbonyl (C=O) groups is 2. The lowest BCUT2D eigenvalue weighted by Crippen LogP contribution is -2.35. The first-order valence-corrected chi connectivity index (χ1v) is 10.1. The Hall–Kier alpha value is -3.80. The maximum absolute atomic E-state index is 12.8. The van der Waals surface area contributed by atoms with E-state index in [9.17, 15) is 9.59 Å². The van der Waals surface area contributed by atoms with Crippen molar-refractivity contribution in [2.75, 3.05) is 13.7 Å². The van der Waals surface area contributed by atoms with Gasteiger partial charge in [0.15, 0.2) is 0 Å². The van der Waals surface area contributed by atoms with Crippen molar-refractivity contribution in [3.8, 4) is 5.75 Å². The molecule has 0 bridgehead atoms. The van der Waals surface area contributed by atoms with Crippen molar-refractivity contribution in [1.29, 1.82) is 0 Å². The zero-order chi connectivity index (χ0) is 22.1. The van der Waals surface area contributed by atoms with Crippen LogP contribution in [0, 0.1) is 6.92 Å². The van der Waals surface area contributed by atoms with E-state index in [0.29, 0.717) is 17.9 Å². The molecule has 6 nitrogen and oxygen atoms in total. The predicted octanol–water partition coefficient (Wildman–Crippen LogP) is 4.12. The highest BCUT2D eigenvalue weighted by Crippen LogP contribution is 2.14. The monoisotopic (exact) mass is 418 g/mol. The van der Waals surface area contributed by atoms with Crippen LogP contribution in [0.4, 0.5) is 0 Å². The molecule has 6 heteroatoms. The first-order chi connectivity index (χ1) is 15.1. The van der Waals surface area contributed by atoms with Gasteiger partial charge in [0.25, 0.3) is 11.8 Å². The number of ether oxygens (including phenoxy) is 1. The molecule has 0 aliphatic rings. The average Bonchev–Trinajstić information content (AvgIpc) is 3.29. The van der Waals surface area contributed by atoms with Crippen molar-refractivity contribution in [3.63, 3.8) is 0 Å². The Morgan fingerprint density at radius 2 is 1.90 bits per heavy atom. The van der Waals surface area contributed by atoms with Gasteiger partial charge in [0.2, 0.25) is 0 Å². The topological polar surface area (TPSA) is 80.6 Å². The summed E-state index contributed by atoms with van der Waals surface area (Å²) in [4.78, 5) is 25.5. The van der Waals surface area contributed by atoms with Crippen LogP contribution in [0.3, 0.4) is 0 Å². The molecule has 3 rings (SSSR count). The van der Waals surface area contributed by atoms with Crippen LogP contribution in [0.1, 0.15) is 33.7 Å². The van der Waals surface area contributed by atoms with E-state index in [0.717, 1.165) is 29.7 Å². The van der Waals surface area contributed by atoms with Crippen molar-refractivity contribution in [2.45, 2.75) is 19.8 Å². The maximum atomic E-state index is 12.8. The highest BCUT2D eigenvalue weighted by atomic mass is 16.5. The molecule has 0 spiro atoms. The molecule has 160 valence electrons. The molecule has 0 aliphatic carbocycles. The van der Waals surface area contributed by atoms with Gasteiger partial charge in [0.05, 0.1) is 13.4 Å². The van der Waals surface area contributed by atoms with Crippen molar-refractivity contribution in [2.24, 2.45) is 0 Å². The number of methoxy groups -OCH3 is 1. The number of carbonyl (C=O) groups excluding carboxylic acids is 2. The van der Waals surface area contributed by atoms with Crippen LogP contribution in [0.15, 0.2) is 77.0 Å². The number of nitrogens with one attached hydrogen (secondary N) is 2. The van der Waals surface area contributed by atoms with E-state index in [4.69, 9.17) is 9.15 Å². The molecule has 0 saturated heterocycles. The fourth-order valence-electron chi connectivity index (χ4n) is 3.11. The lowest BCUT2D eigenvalue weighted by Gasteiger charge is -2.12. The number of benzene rings is 2. The van der Waals surface area contributed by atoms with Crippen LogP contribution in [-0.2, 0) is 11.2 Å². The van der Waals surface area contributed by atoms with Gasteiger partial charge in [-0.25, -0.2) is 0 Å².